The van der Waals surface area contributed by atoms with E-state index in [1.54, 1.807) is 6.20 Å². The fourth-order valence-electron chi connectivity index (χ4n) is 3.40. The molecule has 2 heterocycles. The molecule has 8 heteroatoms. The number of aliphatic hydroxyl groups is 2. The van der Waals surface area contributed by atoms with Crippen molar-refractivity contribution >= 4 is 23.3 Å². The van der Waals surface area contributed by atoms with Crippen LogP contribution in [0.3, 0.4) is 0 Å². The quantitative estimate of drug-likeness (QED) is 0.690. The summed E-state index contributed by atoms with van der Waals surface area (Å²) >= 11 is 1.52. The van der Waals surface area contributed by atoms with Gasteiger partial charge in [0.05, 0.1) is 23.7 Å². The summed E-state index contributed by atoms with van der Waals surface area (Å²) in [6.07, 6.45) is 4.10. The first-order valence-corrected chi connectivity index (χ1v) is 9.95. The molecule has 1 aliphatic heterocycles. The molecule has 7 nitrogen and oxygen atoms in total. The van der Waals surface area contributed by atoms with Crippen LogP contribution in [0.1, 0.15) is 23.8 Å². The van der Waals surface area contributed by atoms with Crippen molar-refractivity contribution in [1.82, 2.24) is 14.8 Å². The summed E-state index contributed by atoms with van der Waals surface area (Å²) in [6, 6.07) is 0. The van der Waals surface area contributed by atoms with Crippen molar-refractivity contribution in [3.8, 4) is 0 Å². The maximum Gasteiger partial charge on any atom is 0.168 e. The van der Waals surface area contributed by atoms with Gasteiger partial charge in [-0.25, -0.2) is 4.98 Å². The van der Waals surface area contributed by atoms with Crippen LogP contribution in [0.4, 0.5) is 0 Å². The number of aromatic nitrogens is 1. The molecule has 0 aromatic carbocycles. The summed E-state index contributed by atoms with van der Waals surface area (Å²) in [5.41, 5.74) is 0.352. The number of piperazine rings is 1. The van der Waals surface area contributed by atoms with Gasteiger partial charge in [0.1, 0.15) is 5.76 Å². The summed E-state index contributed by atoms with van der Waals surface area (Å²) < 4.78 is 0. The normalized spacial score (nSPS) is 23.3. The van der Waals surface area contributed by atoms with Crippen LogP contribution in [0, 0.1) is 0 Å². The smallest absolute Gasteiger partial charge is 0.168 e. The molecule has 0 amide bonds. The van der Waals surface area contributed by atoms with E-state index in [4.69, 9.17) is 5.11 Å². The first-order valence-electron chi connectivity index (χ1n) is 9.07. The second-order valence-electron chi connectivity index (χ2n) is 6.70. The van der Waals surface area contributed by atoms with Crippen molar-refractivity contribution in [2.45, 2.75) is 18.8 Å². The number of nitrogens with zero attached hydrogens (tertiary/aromatic N) is 4. The maximum atomic E-state index is 12.3. The van der Waals surface area contributed by atoms with Crippen molar-refractivity contribution in [3.05, 3.63) is 27.9 Å². The Morgan fingerprint density at radius 1 is 1.23 bits per heavy atom. The van der Waals surface area contributed by atoms with Crippen LogP contribution in [-0.2, 0) is 4.79 Å². The van der Waals surface area contributed by atoms with Gasteiger partial charge in [-0.3, -0.25) is 19.6 Å². The molecule has 1 unspecified atom stereocenters. The molecular weight excluding hydrogens is 352 g/mol. The second-order valence-corrected chi connectivity index (χ2v) is 7.63. The van der Waals surface area contributed by atoms with Crippen molar-refractivity contribution in [2.75, 3.05) is 52.4 Å². The Morgan fingerprint density at radius 3 is 2.58 bits per heavy atom. The summed E-state index contributed by atoms with van der Waals surface area (Å²) in [5.74, 6) is 0.0491. The topological polar surface area (TPSA) is 89.3 Å². The average Bonchev–Trinajstić information content (AvgIpc) is 3.16. The highest BCUT2D eigenvalue weighted by Gasteiger charge is 2.29. The lowest BCUT2D eigenvalue weighted by Gasteiger charge is -2.33. The van der Waals surface area contributed by atoms with Gasteiger partial charge in [0.2, 0.25) is 0 Å². The predicted octanol–water partition coefficient (Wildman–Crippen LogP) is 1.08. The highest BCUT2D eigenvalue weighted by molar-refractivity contribution is 7.09. The van der Waals surface area contributed by atoms with Crippen LogP contribution in [0.15, 0.2) is 27.9 Å². The van der Waals surface area contributed by atoms with Crippen molar-refractivity contribution in [1.29, 1.82) is 0 Å². The molecule has 3 rings (SSSR count). The number of aliphatic hydroxyl groups excluding tert-OH is 2. The average molecular weight is 378 g/mol. The predicted molar refractivity (Wildman–Crippen MR) is 102 cm³/mol. The Hall–Kier alpha value is -1.61. The zero-order chi connectivity index (χ0) is 18.4. The van der Waals surface area contributed by atoms with E-state index in [2.05, 4.69) is 19.8 Å². The molecule has 1 aliphatic carbocycles. The number of allylic oxidation sites excluding steroid dienone is 2. The molecule has 0 radical (unpaired) electrons. The highest BCUT2D eigenvalue weighted by Crippen LogP contribution is 2.33. The molecule has 0 bridgehead atoms. The van der Waals surface area contributed by atoms with E-state index in [1.165, 1.54) is 17.6 Å². The second kappa shape index (κ2) is 9.36. The fourth-order valence-corrected chi connectivity index (χ4v) is 4.14. The Kier molecular flexibility index (Phi) is 6.90. The maximum absolute atomic E-state index is 12.3. The number of Topliss-reactive ketones (excluding diaryl/α,β-unsaturated/α-hetero) is 1. The molecule has 0 saturated carbocycles. The van der Waals surface area contributed by atoms with E-state index in [0.29, 0.717) is 25.0 Å². The number of carbonyl (C=O) groups is 1. The first-order chi connectivity index (χ1) is 12.7. The fraction of sp³-hybridized carbons (Fsp3) is 0.611. The Morgan fingerprint density at radius 2 is 1.96 bits per heavy atom. The summed E-state index contributed by atoms with van der Waals surface area (Å²) in [5, 5.41) is 22.0. The molecular formula is C18H26N4O3S. The minimum atomic E-state index is -0.0599. The molecule has 1 aromatic rings. The molecule has 142 valence electrons. The summed E-state index contributed by atoms with van der Waals surface area (Å²) in [7, 11) is 0. The van der Waals surface area contributed by atoms with Gasteiger partial charge in [0.15, 0.2) is 5.78 Å². The van der Waals surface area contributed by atoms with Crippen molar-refractivity contribution in [2.24, 2.45) is 4.99 Å². The number of β-amino-alcohol motifs (C(OH)–C–C–N with tert-alkyl or cyclic N) is 1. The van der Waals surface area contributed by atoms with Crippen LogP contribution >= 0.6 is 11.3 Å². The molecule has 2 N–H and O–H groups in total. The standard InChI is InChI=1S/C18H26N4O3S/c23-9-8-22-6-4-21(5-7-22)3-1-19-13-15-16(24)11-14(12-17(15)25)18-20-2-10-26-18/h2,10,13-14,23-24H,1,3-9,11-12H2. The van der Waals surface area contributed by atoms with Crippen molar-refractivity contribution < 1.29 is 15.0 Å². The zero-order valence-electron chi connectivity index (χ0n) is 14.9. The van der Waals surface area contributed by atoms with Crippen LogP contribution in [0.25, 0.3) is 0 Å². The van der Waals surface area contributed by atoms with Gasteiger partial charge >= 0.3 is 0 Å². The van der Waals surface area contributed by atoms with Gasteiger partial charge in [-0.15, -0.1) is 11.3 Å². The van der Waals surface area contributed by atoms with Gasteiger partial charge in [-0.2, -0.15) is 0 Å². The molecule has 1 saturated heterocycles. The molecule has 1 atom stereocenters. The third-order valence-electron chi connectivity index (χ3n) is 4.93. The lowest BCUT2D eigenvalue weighted by atomic mass is 9.88. The molecule has 0 spiro atoms. The Balaban J connectivity index is 1.46. The van der Waals surface area contributed by atoms with Gasteiger partial charge in [0, 0.05) is 75.8 Å². The molecule has 26 heavy (non-hydrogen) atoms. The van der Waals surface area contributed by atoms with Gasteiger partial charge < -0.3 is 10.2 Å². The zero-order valence-corrected chi connectivity index (χ0v) is 15.7. The number of hydrogen-bond acceptors (Lipinski definition) is 8. The minimum absolute atomic E-state index is 0.0186. The van der Waals surface area contributed by atoms with E-state index in [0.717, 1.165) is 44.3 Å². The molecule has 1 fully saturated rings. The van der Waals surface area contributed by atoms with Crippen LogP contribution in [0.2, 0.25) is 0 Å². The van der Waals surface area contributed by atoms with E-state index in [9.17, 15) is 9.90 Å². The highest BCUT2D eigenvalue weighted by atomic mass is 32.1. The number of hydrogen-bond donors (Lipinski definition) is 2. The van der Waals surface area contributed by atoms with Gasteiger partial charge in [-0.1, -0.05) is 0 Å². The number of carbonyl (C=O) groups excluding carboxylic acids is 1. The van der Waals surface area contributed by atoms with Crippen LogP contribution in [0.5, 0.6) is 0 Å². The van der Waals surface area contributed by atoms with E-state index < -0.39 is 0 Å². The third-order valence-corrected chi connectivity index (χ3v) is 5.87. The van der Waals surface area contributed by atoms with E-state index in [1.807, 2.05) is 5.38 Å². The molecule has 1 aromatic heterocycles. The van der Waals surface area contributed by atoms with Crippen molar-refractivity contribution in [3.63, 3.8) is 0 Å². The lowest BCUT2D eigenvalue weighted by Crippen LogP contribution is -2.47. The number of aliphatic imine (C=N–C) groups is 1. The molecule has 2 aliphatic rings. The van der Waals surface area contributed by atoms with Gasteiger partial charge in [-0.05, 0) is 0 Å². The monoisotopic (exact) mass is 378 g/mol. The third kappa shape index (κ3) is 4.97. The lowest BCUT2D eigenvalue weighted by molar-refractivity contribution is -0.116. The Bertz CT molecular complexity index is 651. The Labute approximate surface area is 157 Å². The van der Waals surface area contributed by atoms with Crippen LogP contribution < -0.4 is 0 Å². The minimum Gasteiger partial charge on any atom is -0.511 e. The summed E-state index contributed by atoms with van der Waals surface area (Å²) in [4.78, 5) is 25.5. The van der Waals surface area contributed by atoms with E-state index >= 15 is 0 Å². The number of thiazole rings is 1. The number of ketones is 1. The largest absolute Gasteiger partial charge is 0.511 e. The summed E-state index contributed by atoms with van der Waals surface area (Å²) in [6.45, 7) is 6.27. The SMILES string of the molecule is O=C1CC(c2nccs2)CC(O)=C1C=NCCN1CCN(CCO)CC1. The van der Waals surface area contributed by atoms with Crippen LogP contribution in [-0.4, -0.2) is 89.4 Å². The first kappa shape index (κ1) is 19.2. The van der Waals surface area contributed by atoms with Gasteiger partial charge in [0.25, 0.3) is 0 Å². The van der Waals surface area contributed by atoms with E-state index in [-0.39, 0.29) is 24.1 Å². The number of rotatable bonds is 7.